The Balaban J connectivity index is 1.41. The second-order valence-electron chi connectivity index (χ2n) is 7.61. The fraction of sp³-hybridized carbons (Fsp3) is 0.364. The van der Waals surface area contributed by atoms with Gasteiger partial charge < -0.3 is 10.2 Å². The van der Waals surface area contributed by atoms with Crippen LogP contribution in [0.1, 0.15) is 29.8 Å². The van der Waals surface area contributed by atoms with E-state index in [0.717, 1.165) is 47.8 Å². The summed E-state index contributed by atoms with van der Waals surface area (Å²) in [6.07, 6.45) is 1.80. The third-order valence-corrected chi connectivity index (χ3v) is 5.82. The van der Waals surface area contributed by atoms with Gasteiger partial charge in [0.2, 0.25) is 5.91 Å². The Morgan fingerprint density at radius 1 is 1.17 bits per heavy atom. The summed E-state index contributed by atoms with van der Waals surface area (Å²) in [5.41, 5.74) is 4.05. The topological polar surface area (TPSA) is 75.9 Å². The first-order valence-electron chi connectivity index (χ1n) is 10.2. The molecule has 3 aromatic rings. The molecule has 8 heteroatoms. The molecule has 1 amide bonds. The molecule has 4 rings (SSSR count). The first kappa shape index (κ1) is 20.3. The molecule has 1 aromatic carbocycles. The van der Waals surface area contributed by atoms with Crippen LogP contribution in [0, 0.1) is 19.8 Å². The van der Waals surface area contributed by atoms with Crippen LogP contribution in [0.4, 0.5) is 5.82 Å². The van der Waals surface area contributed by atoms with E-state index >= 15 is 0 Å². The van der Waals surface area contributed by atoms with Crippen molar-refractivity contribution in [3.05, 3.63) is 64.6 Å². The molecule has 1 atom stereocenters. The van der Waals surface area contributed by atoms with E-state index in [0.29, 0.717) is 18.2 Å². The summed E-state index contributed by atoms with van der Waals surface area (Å²) in [5, 5.41) is 16.2. The molecule has 0 spiro atoms. The Hall–Kier alpha value is -2.93. The van der Waals surface area contributed by atoms with Crippen LogP contribution in [0.2, 0.25) is 5.15 Å². The minimum atomic E-state index is -0.0824. The predicted molar refractivity (Wildman–Crippen MR) is 117 cm³/mol. The molecule has 1 aliphatic rings. The lowest BCUT2D eigenvalue weighted by Crippen LogP contribution is -2.43. The minimum absolute atomic E-state index is 0.0629. The first-order valence-corrected chi connectivity index (χ1v) is 10.5. The van der Waals surface area contributed by atoms with Crippen molar-refractivity contribution in [1.29, 1.82) is 0 Å². The number of nitrogens with zero attached hydrogens (tertiary/aromatic N) is 5. The molecule has 0 bridgehead atoms. The van der Waals surface area contributed by atoms with Crippen molar-refractivity contribution in [2.45, 2.75) is 33.2 Å². The van der Waals surface area contributed by atoms with Gasteiger partial charge in [-0.05, 0) is 51.0 Å². The van der Waals surface area contributed by atoms with E-state index in [-0.39, 0.29) is 11.8 Å². The van der Waals surface area contributed by atoms with Crippen LogP contribution in [-0.4, -0.2) is 39.0 Å². The monoisotopic (exact) mass is 424 g/mol. The van der Waals surface area contributed by atoms with Crippen LogP contribution in [-0.2, 0) is 11.3 Å². The third-order valence-electron chi connectivity index (χ3n) is 5.62. The summed E-state index contributed by atoms with van der Waals surface area (Å²) >= 11 is 5.83. The summed E-state index contributed by atoms with van der Waals surface area (Å²) < 4.78 is 1.93. The molecule has 0 unspecified atom stereocenters. The number of rotatable bonds is 5. The van der Waals surface area contributed by atoms with Crippen LogP contribution in [0.15, 0.2) is 42.5 Å². The number of halogens is 1. The number of carbonyl (C=O) groups is 1. The van der Waals surface area contributed by atoms with Crippen molar-refractivity contribution in [3.63, 3.8) is 0 Å². The molecule has 156 valence electrons. The van der Waals surface area contributed by atoms with E-state index < -0.39 is 0 Å². The molecule has 0 saturated carbocycles. The molecule has 0 radical (unpaired) electrons. The summed E-state index contributed by atoms with van der Waals surface area (Å²) in [5.74, 6) is 0.738. The molecule has 7 nitrogen and oxygen atoms in total. The Kier molecular flexibility index (Phi) is 5.99. The number of aryl methyl sites for hydroxylation is 1. The van der Waals surface area contributed by atoms with Gasteiger partial charge in [0.05, 0.1) is 17.3 Å². The molecular formula is C22H25ClN6O. The number of anilines is 1. The number of hydrogen-bond acceptors (Lipinski definition) is 5. The van der Waals surface area contributed by atoms with Crippen molar-refractivity contribution in [2.24, 2.45) is 5.92 Å². The lowest BCUT2D eigenvalue weighted by Gasteiger charge is -2.32. The van der Waals surface area contributed by atoms with Crippen LogP contribution in [0.5, 0.6) is 0 Å². The quantitative estimate of drug-likeness (QED) is 0.678. The molecule has 30 heavy (non-hydrogen) atoms. The number of aromatic nitrogens is 4. The van der Waals surface area contributed by atoms with Gasteiger partial charge in [0, 0.05) is 30.9 Å². The molecule has 3 heterocycles. The second kappa shape index (κ2) is 8.83. The summed E-state index contributed by atoms with van der Waals surface area (Å²) in [6, 6.07) is 13.6. The highest BCUT2D eigenvalue weighted by Crippen LogP contribution is 2.23. The number of nitrogens with one attached hydrogen (secondary N) is 1. The van der Waals surface area contributed by atoms with Gasteiger partial charge in [-0.25, -0.2) is 4.68 Å². The highest BCUT2D eigenvalue weighted by molar-refractivity contribution is 6.29. The fourth-order valence-electron chi connectivity index (χ4n) is 3.95. The zero-order valence-corrected chi connectivity index (χ0v) is 17.9. The van der Waals surface area contributed by atoms with E-state index in [9.17, 15) is 4.79 Å². The molecule has 0 aliphatic carbocycles. The highest BCUT2D eigenvalue weighted by atomic mass is 35.5. The standard InChI is InChI=1S/C22H25ClN6O/c1-15-19(16(2)29(27-15)18-8-4-3-5-9-18)13-24-22(30)17-7-6-12-28(14-17)21-11-10-20(23)25-26-21/h3-5,8-11,17H,6-7,12-14H2,1-2H3,(H,24,30)/t17-/m1/s1. The lowest BCUT2D eigenvalue weighted by molar-refractivity contribution is -0.125. The second-order valence-corrected chi connectivity index (χ2v) is 8.00. The van der Waals surface area contributed by atoms with E-state index in [2.05, 4.69) is 25.5 Å². The number of benzene rings is 1. The molecule has 1 fully saturated rings. The Bertz CT molecular complexity index is 1020. The van der Waals surface area contributed by atoms with Crippen LogP contribution >= 0.6 is 11.6 Å². The van der Waals surface area contributed by atoms with Gasteiger partial charge >= 0.3 is 0 Å². The van der Waals surface area contributed by atoms with E-state index in [4.69, 9.17) is 11.6 Å². The van der Waals surface area contributed by atoms with Gasteiger partial charge in [-0.1, -0.05) is 29.8 Å². The number of piperidine rings is 1. The SMILES string of the molecule is Cc1nn(-c2ccccc2)c(C)c1CNC(=O)[C@@H]1CCCN(c2ccc(Cl)nn2)C1. The predicted octanol–water partition coefficient (Wildman–Crippen LogP) is 3.47. The van der Waals surface area contributed by atoms with Gasteiger partial charge in [0.1, 0.15) is 0 Å². The van der Waals surface area contributed by atoms with Crippen molar-refractivity contribution in [2.75, 3.05) is 18.0 Å². The largest absolute Gasteiger partial charge is 0.354 e. The average molecular weight is 425 g/mol. The molecule has 1 saturated heterocycles. The van der Waals surface area contributed by atoms with Gasteiger partial charge in [-0.3, -0.25) is 4.79 Å². The van der Waals surface area contributed by atoms with E-state index in [1.54, 1.807) is 6.07 Å². The number of hydrogen-bond donors (Lipinski definition) is 1. The first-order chi connectivity index (χ1) is 14.5. The van der Waals surface area contributed by atoms with Crippen LogP contribution < -0.4 is 10.2 Å². The van der Waals surface area contributed by atoms with Gasteiger partial charge in [0.25, 0.3) is 0 Å². The third kappa shape index (κ3) is 4.31. The molecule has 1 N–H and O–H groups in total. The summed E-state index contributed by atoms with van der Waals surface area (Å²) in [6.45, 7) is 5.98. The number of para-hydroxylation sites is 1. The van der Waals surface area contributed by atoms with Crippen molar-refractivity contribution in [1.82, 2.24) is 25.3 Å². The van der Waals surface area contributed by atoms with Gasteiger partial charge in [0.15, 0.2) is 11.0 Å². The summed E-state index contributed by atoms with van der Waals surface area (Å²) in [7, 11) is 0. The fourth-order valence-corrected chi connectivity index (χ4v) is 4.05. The van der Waals surface area contributed by atoms with Gasteiger partial charge in [-0.2, -0.15) is 5.10 Å². The summed E-state index contributed by atoms with van der Waals surface area (Å²) in [4.78, 5) is 15.0. The van der Waals surface area contributed by atoms with Crippen molar-refractivity contribution >= 4 is 23.3 Å². The Morgan fingerprint density at radius 2 is 1.97 bits per heavy atom. The zero-order valence-electron chi connectivity index (χ0n) is 17.2. The van der Waals surface area contributed by atoms with Crippen molar-refractivity contribution in [3.8, 4) is 5.69 Å². The van der Waals surface area contributed by atoms with Crippen molar-refractivity contribution < 1.29 is 4.79 Å². The van der Waals surface area contributed by atoms with Gasteiger partial charge in [-0.15, -0.1) is 10.2 Å². The maximum absolute atomic E-state index is 12.9. The zero-order chi connectivity index (χ0) is 21.1. The normalized spacial score (nSPS) is 16.5. The van der Waals surface area contributed by atoms with Crippen LogP contribution in [0.25, 0.3) is 5.69 Å². The lowest BCUT2D eigenvalue weighted by atomic mass is 9.97. The highest BCUT2D eigenvalue weighted by Gasteiger charge is 2.27. The number of amides is 1. The van der Waals surface area contributed by atoms with E-state index in [1.165, 1.54) is 0 Å². The van der Waals surface area contributed by atoms with E-state index in [1.807, 2.05) is 54.9 Å². The molecule has 2 aromatic heterocycles. The molecule has 1 aliphatic heterocycles. The van der Waals surface area contributed by atoms with Crippen LogP contribution in [0.3, 0.4) is 0 Å². The smallest absolute Gasteiger partial charge is 0.225 e. The Morgan fingerprint density at radius 3 is 2.70 bits per heavy atom. The molecular weight excluding hydrogens is 400 g/mol. The average Bonchev–Trinajstić information content (AvgIpc) is 3.06. The number of carbonyl (C=O) groups excluding carboxylic acids is 1. The maximum atomic E-state index is 12.9. The maximum Gasteiger partial charge on any atom is 0.225 e. The Labute approximate surface area is 181 Å². The minimum Gasteiger partial charge on any atom is -0.354 e.